The van der Waals surface area contributed by atoms with Crippen molar-refractivity contribution in [2.75, 3.05) is 6.61 Å². The van der Waals surface area contributed by atoms with Gasteiger partial charge in [-0.2, -0.15) is 0 Å². The minimum absolute atomic E-state index is 0.166. The van der Waals surface area contributed by atoms with Crippen molar-refractivity contribution >= 4 is 11.6 Å². The van der Waals surface area contributed by atoms with Gasteiger partial charge in [-0.05, 0) is 18.6 Å². The van der Waals surface area contributed by atoms with Gasteiger partial charge in [0.1, 0.15) is 0 Å². The largest absolute Gasteiger partial charge is 0.515 e. The number of aliphatic hydroxyl groups is 3. The van der Waals surface area contributed by atoms with Crippen LogP contribution in [0, 0.1) is 0 Å². The number of rotatable bonds is 1. The average molecular weight is 198 g/mol. The van der Waals surface area contributed by atoms with E-state index in [1.54, 1.807) is 0 Å². The summed E-state index contributed by atoms with van der Waals surface area (Å²) in [7, 11) is 0. The van der Waals surface area contributed by atoms with Crippen LogP contribution in [0.25, 0.3) is 0 Å². The van der Waals surface area contributed by atoms with E-state index >= 15 is 0 Å². The van der Waals surface area contributed by atoms with E-state index in [-0.39, 0.29) is 11.1 Å². The normalized spacial score (nSPS) is 30.8. The van der Waals surface area contributed by atoms with Crippen LogP contribution in [0.5, 0.6) is 0 Å². The number of ketones is 2. The van der Waals surface area contributed by atoms with E-state index in [0.29, 0.717) is 6.26 Å². The molecule has 14 heavy (non-hydrogen) atoms. The van der Waals surface area contributed by atoms with Crippen molar-refractivity contribution < 1.29 is 24.9 Å². The first-order chi connectivity index (χ1) is 6.47. The summed E-state index contributed by atoms with van der Waals surface area (Å²) in [4.78, 5) is 22.6. The van der Waals surface area contributed by atoms with E-state index in [9.17, 15) is 14.7 Å². The quantitative estimate of drug-likeness (QED) is 0.293. The van der Waals surface area contributed by atoms with Crippen LogP contribution >= 0.6 is 0 Å². The Morgan fingerprint density at radius 3 is 2.50 bits per heavy atom. The first-order valence-electron chi connectivity index (χ1n) is 3.93. The highest BCUT2D eigenvalue weighted by molar-refractivity contribution is 6.25. The highest BCUT2D eigenvalue weighted by atomic mass is 16.3. The molecule has 3 N–H and O–H groups in total. The molecule has 0 spiro atoms. The lowest BCUT2D eigenvalue weighted by atomic mass is 9.81. The monoisotopic (exact) mass is 198 g/mol. The van der Waals surface area contributed by atoms with E-state index in [4.69, 9.17) is 10.2 Å². The Hall–Kier alpha value is -1.46. The van der Waals surface area contributed by atoms with Gasteiger partial charge < -0.3 is 15.3 Å². The average Bonchev–Trinajstić information content (AvgIpc) is 2.15. The second-order valence-electron chi connectivity index (χ2n) is 3.08. The predicted octanol–water partition coefficient (Wildman–Crippen LogP) is -0.750. The lowest BCUT2D eigenvalue weighted by Crippen LogP contribution is -2.52. The fraction of sp³-hybridized carbons (Fsp3) is 0.333. The van der Waals surface area contributed by atoms with Crippen molar-refractivity contribution in [3.8, 4) is 0 Å². The van der Waals surface area contributed by atoms with Gasteiger partial charge in [0.2, 0.25) is 11.4 Å². The third-order valence-electron chi connectivity index (χ3n) is 2.16. The Morgan fingerprint density at radius 2 is 2.07 bits per heavy atom. The van der Waals surface area contributed by atoms with Crippen LogP contribution in [0.1, 0.15) is 6.92 Å². The lowest BCUT2D eigenvalue weighted by molar-refractivity contribution is -0.150. The number of allylic oxidation sites excluding steroid dienone is 1. The molecular formula is C9H10O5. The zero-order valence-electron chi connectivity index (χ0n) is 7.52. The molecule has 0 aromatic heterocycles. The van der Waals surface area contributed by atoms with Gasteiger partial charge in [0.05, 0.1) is 18.4 Å². The molecule has 0 saturated carbocycles. The van der Waals surface area contributed by atoms with Gasteiger partial charge in [-0.3, -0.25) is 9.59 Å². The molecule has 0 radical (unpaired) electrons. The van der Waals surface area contributed by atoms with E-state index in [2.05, 4.69) is 0 Å². The summed E-state index contributed by atoms with van der Waals surface area (Å²) < 4.78 is 0. The Bertz CT molecular complexity index is 352. The molecule has 0 aliphatic heterocycles. The zero-order chi connectivity index (χ0) is 10.9. The minimum Gasteiger partial charge on any atom is -0.515 e. The Kier molecular flexibility index (Phi) is 2.55. The van der Waals surface area contributed by atoms with E-state index in [0.717, 1.165) is 6.08 Å². The summed E-state index contributed by atoms with van der Waals surface area (Å²) in [6.07, 6.45) is 1.53. The van der Waals surface area contributed by atoms with Gasteiger partial charge in [0, 0.05) is 0 Å². The predicted molar refractivity (Wildman–Crippen MR) is 46.5 cm³/mol. The van der Waals surface area contributed by atoms with Crippen molar-refractivity contribution in [2.24, 2.45) is 0 Å². The fourth-order valence-corrected chi connectivity index (χ4v) is 1.22. The smallest absolute Gasteiger partial charge is 0.213 e. The highest BCUT2D eigenvalue weighted by Gasteiger charge is 2.46. The van der Waals surface area contributed by atoms with E-state index in [1.165, 1.54) is 6.92 Å². The van der Waals surface area contributed by atoms with Gasteiger partial charge in [0.25, 0.3) is 0 Å². The maximum absolute atomic E-state index is 11.4. The maximum Gasteiger partial charge on any atom is 0.213 e. The number of carbonyl (C=O) groups is 2. The number of aliphatic hydroxyl groups excluding tert-OH is 2. The SMILES string of the molecule is CC1=CC(=O)[C@](O)(CO)C(=O)/C1=C\O. The number of Topliss-reactive ketones (excluding diaryl/α,β-unsaturated/α-hetero) is 1. The van der Waals surface area contributed by atoms with Crippen LogP contribution in [-0.4, -0.2) is 39.1 Å². The second kappa shape index (κ2) is 3.36. The van der Waals surface area contributed by atoms with Crippen molar-refractivity contribution in [3.63, 3.8) is 0 Å². The van der Waals surface area contributed by atoms with Crippen LogP contribution in [0.4, 0.5) is 0 Å². The second-order valence-corrected chi connectivity index (χ2v) is 3.08. The maximum atomic E-state index is 11.4. The Balaban J connectivity index is 3.32. The Labute approximate surface area is 80.0 Å². The van der Waals surface area contributed by atoms with Gasteiger partial charge in [-0.1, -0.05) is 0 Å². The summed E-state index contributed by atoms with van der Waals surface area (Å²) in [6, 6.07) is 0. The van der Waals surface area contributed by atoms with Crippen LogP contribution < -0.4 is 0 Å². The van der Waals surface area contributed by atoms with Gasteiger partial charge in [0.15, 0.2) is 5.78 Å². The molecule has 0 unspecified atom stereocenters. The molecule has 0 amide bonds. The lowest BCUT2D eigenvalue weighted by Gasteiger charge is -2.26. The summed E-state index contributed by atoms with van der Waals surface area (Å²) >= 11 is 0. The van der Waals surface area contributed by atoms with Crippen molar-refractivity contribution in [2.45, 2.75) is 12.5 Å². The molecule has 1 aliphatic carbocycles. The van der Waals surface area contributed by atoms with E-state index in [1.807, 2.05) is 0 Å². The molecule has 76 valence electrons. The summed E-state index contributed by atoms with van der Waals surface area (Å²) in [5.41, 5.74) is -2.34. The first-order valence-corrected chi connectivity index (χ1v) is 3.93. The highest BCUT2D eigenvalue weighted by Crippen LogP contribution is 2.25. The standard InChI is InChI=1S/C9H10O5/c1-5-2-7(12)9(14,4-11)8(13)6(5)3-10/h2-3,10-11,14H,4H2,1H3/b6-3-/t9-/m1/s1. The molecule has 1 rings (SSSR count). The Morgan fingerprint density at radius 1 is 1.50 bits per heavy atom. The summed E-state index contributed by atoms with van der Waals surface area (Å²) in [5, 5.41) is 27.0. The zero-order valence-corrected chi connectivity index (χ0v) is 7.52. The first kappa shape index (κ1) is 10.6. The topological polar surface area (TPSA) is 94.8 Å². The molecule has 0 aromatic rings. The molecule has 0 fully saturated rings. The van der Waals surface area contributed by atoms with Crippen LogP contribution in [-0.2, 0) is 9.59 Å². The molecule has 1 aliphatic rings. The summed E-state index contributed by atoms with van der Waals surface area (Å²) in [5.74, 6) is -1.85. The molecule has 5 heteroatoms. The van der Waals surface area contributed by atoms with Gasteiger partial charge >= 0.3 is 0 Å². The van der Waals surface area contributed by atoms with Crippen LogP contribution in [0.2, 0.25) is 0 Å². The minimum atomic E-state index is -2.44. The molecule has 1 atom stereocenters. The van der Waals surface area contributed by atoms with Gasteiger partial charge in [-0.15, -0.1) is 0 Å². The number of hydrogen-bond donors (Lipinski definition) is 3. The van der Waals surface area contributed by atoms with Crippen molar-refractivity contribution in [3.05, 3.63) is 23.5 Å². The van der Waals surface area contributed by atoms with Crippen LogP contribution in [0.3, 0.4) is 0 Å². The third-order valence-corrected chi connectivity index (χ3v) is 2.16. The fourth-order valence-electron chi connectivity index (χ4n) is 1.22. The molecule has 0 aromatic carbocycles. The van der Waals surface area contributed by atoms with Crippen molar-refractivity contribution in [1.82, 2.24) is 0 Å². The van der Waals surface area contributed by atoms with Crippen LogP contribution in [0.15, 0.2) is 23.5 Å². The third kappa shape index (κ3) is 1.26. The molecular weight excluding hydrogens is 188 g/mol. The molecule has 5 nitrogen and oxygen atoms in total. The number of hydrogen-bond acceptors (Lipinski definition) is 5. The van der Waals surface area contributed by atoms with E-state index < -0.39 is 23.8 Å². The molecule has 0 heterocycles. The molecule has 0 bridgehead atoms. The molecule has 0 saturated heterocycles. The summed E-state index contributed by atoms with van der Waals surface area (Å²) in [6.45, 7) is 0.459. The van der Waals surface area contributed by atoms with Gasteiger partial charge in [-0.25, -0.2) is 0 Å². The van der Waals surface area contributed by atoms with Crippen molar-refractivity contribution in [1.29, 1.82) is 0 Å². The number of carbonyl (C=O) groups excluding carboxylic acids is 2.